The summed E-state index contributed by atoms with van der Waals surface area (Å²) in [5.74, 6) is 1.72. The topological polar surface area (TPSA) is 66.5 Å². The first-order valence-electron chi connectivity index (χ1n) is 6.88. The highest BCUT2D eigenvalue weighted by molar-refractivity contribution is 7.16. The monoisotopic (exact) mass is 329 g/mol. The van der Waals surface area contributed by atoms with Gasteiger partial charge in [0.05, 0.1) is 16.4 Å². The van der Waals surface area contributed by atoms with Crippen LogP contribution in [-0.2, 0) is 6.42 Å². The molecule has 7 heteroatoms. The summed E-state index contributed by atoms with van der Waals surface area (Å²) >= 11 is 7.51. The molecule has 2 N–H and O–H groups in total. The van der Waals surface area contributed by atoms with Crippen molar-refractivity contribution in [1.29, 1.82) is 0 Å². The second kappa shape index (κ2) is 5.55. The number of hydrogen-bond acceptors (Lipinski definition) is 5. The number of nitrogens with one attached hydrogen (secondary N) is 2. The maximum atomic E-state index is 5.96. The number of imidazole rings is 1. The van der Waals surface area contributed by atoms with Gasteiger partial charge in [0.15, 0.2) is 0 Å². The molecule has 0 atom stereocenters. The standard InChI is InChI=1S/C15H12ClN5S/c16-15-20-13(9-6-8-22-14(9)21-15)17-7-5-12-18-10-3-1-2-4-11(10)19-12/h1-4,6,8H,5,7H2,(H,18,19)(H,17,20,21). The van der Waals surface area contributed by atoms with Crippen LogP contribution in [0.25, 0.3) is 21.3 Å². The molecule has 0 aliphatic carbocycles. The van der Waals surface area contributed by atoms with Crippen molar-refractivity contribution < 1.29 is 0 Å². The van der Waals surface area contributed by atoms with E-state index in [9.17, 15) is 0 Å². The van der Waals surface area contributed by atoms with Gasteiger partial charge in [-0.25, -0.2) is 15.0 Å². The van der Waals surface area contributed by atoms with Gasteiger partial charge in [-0.1, -0.05) is 12.1 Å². The third kappa shape index (κ3) is 2.51. The molecule has 4 aromatic rings. The second-order valence-corrected chi connectivity index (χ2v) is 6.09. The zero-order valence-electron chi connectivity index (χ0n) is 11.5. The van der Waals surface area contributed by atoms with Gasteiger partial charge in [-0.05, 0) is 35.2 Å². The van der Waals surface area contributed by atoms with Crippen molar-refractivity contribution in [2.24, 2.45) is 0 Å². The first-order valence-corrected chi connectivity index (χ1v) is 8.13. The van der Waals surface area contributed by atoms with Crippen molar-refractivity contribution in [1.82, 2.24) is 19.9 Å². The van der Waals surface area contributed by atoms with Gasteiger partial charge in [0.1, 0.15) is 16.5 Å². The average Bonchev–Trinajstić information content (AvgIpc) is 3.12. The maximum Gasteiger partial charge on any atom is 0.225 e. The van der Waals surface area contributed by atoms with Crippen LogP contribution in [0.15, 0.2) is 35.7 Å². The number of fused-ring (bicyclic) bond motifs is 2. The van der Waals surface area contributed by atoms with Crippen LogP contribution in [0.5, 0.6) is 0 Å². The van der Waals surface area contributed by atoms with Gasteiger partial charge in [0, 0.05) is 13.0 Å². The number of rotatable bonds is 4. The molecule has 4 rings (SSSR count). The van der Waals surface area contributed by atoms with Crippen LogP contribution >= 0.6 is 22.9 Å². The number of aromatic amines is 1. The molecule has 3 heterocycles. The van der Waals surface area contributed by atoms with Gasteiger partial charge in [-0.15, -0.1) is 11.3 Å². The third-order valence-electron chi connectivity index (χ3n) is 3.39. The fourth-order valence-electron chi connectivity index (χ4n) is 2.39. The Morgan fingerprint density at radius 2 is 2.05 bits per heavy atom. The predicted molar refractivity (Wildman–Crippen MR) is 90.7 cm³/mol. The molecule has 5 nitrogen and oxygen atoms in total. The Morgan fingerprint density at radius 3 is 2.95 bits per heavy atom. The molecular weight excluding hydrogens is 318 g/mol. The second-order valence-electron chi connectivity index (χ2n) is 4.86. The lowest BCUT2D eigenvalue weighted by molar-refractivity contribution is 0.929. The normalized spacial score (nSPS) is 11.3. The van der Waals surface area contributed by atoms with Crippen LogP contribution in [0.3, 0.4) is 0 Å². The number of para-hydroxylation sites is 2. The summed E-state index contributed by atoms with van der Waals surface area (Å²) in [6.45, 7) is 0.720. The molecule has 22 heavy (non-hydrogen) atoms. The molecule has 0 spiro atoms. The summed E-state index contributed by atoms with van der Waals surface area (Å²) in [7, 11) is 0. The van der Waals surface area contributed by atoms with Crippen molar-refractivity contribution in [3.63, 3.8) is 0 Å². The minimum Gasteiger partial charge on any atom is -0.369 e. The van der Waals surface area contributed by atoms with Crippen molar-refractivity contribution >= 4 is 50.0 Å². The number of H-pyrrole nitrogens is 1. The Bertz CT molecular complexity index is 912. The van der Waals surface area contributed by atoms with E-state index in [0.717, 1.165) is 45.9 Å². The lowest BCUT2D eigenvalue weighted by atomic mass is 10.3. The minimum absolute atomic E-state index is 0.265. The summed E-state index contributed by atoms with van der Waals surface area (Å²) in [6, 6.07) is 10.0. The molecular formula is C15H12ClN5S. The molecule has 0 unspecified atom stereocenters. The lowest BCUT2D eigenvalue weighted by Gasteiger charge is -2.05. The number of halogens is 1. The molecule has 0 bridgehead atoms. The zero-order chi connectivity index (χ0) is 14.9. The SMILES string of the molecule is Clc1nc(NCCc2nc3ccccc3[nH]2)c2ccsc2n1. The number of aromatic nitrogens is 4. The van der Waals surface area contributed by atoms with E-state index in [-0.39, 0.29) is 5.28 Å². The van der Waals surface area contributed by atoms with E-state index in [0.29, 0.717) is 0 Å². The van der Waals surface area contributed by atoms with E-state index in [1.54, 1.807) is 11.3 Å². The average molecular weight is 330 g/mol. The number of hydrogen-bond donors (Lipinski definition) is 2. The molecule has 0 saturated heterocycles. The van der Waals surface area contributed by atoms with Crippen LogP contribution in [0.1, 0.15) is 5.82 Å². The maximum absolute atomic E-state index is 5.96. The zero-order valence-corrected chi connectivity index (χ0v) is 13.1. The van der Waals surface area contributed by atoms with Gasteiger partial charge in [-0.2, -0.15) is 0 Å². The van der Waals surface area contributed by atoms with Gasteiger partial charge in [0.2, 0.25) is 5.28 Å². The Labute approximate surface area is 135 Å². The minimum atomic E-state index is 0.265. The van der Waals surface area contributed by atoms with Crippen molar-refractivity contribution in [2.45, 2.75) is 6.42 Å². The van der Waals surface area contributed by atoms with Crippen LogP contribution in [-0.4, -0.2) is 26.5 Å². The molecule has 110 valence electrons. The number of anilines is 1. The Balaban J connectivity index is 1.51. The van der Waals surface area contributed by atoms with E-state index < -0.39 is 0 Å². The molecule has 0 fully saturated rings. The van der Waals surface area contributed by atoms with Crippen molar-refractivity contribution in [2.75, 3.05) is 11.9 Å². The number of thiophene rings is 1. The fourth-order valence-corrected chi connectivity index (χ4v) is 3.37. The highest BCUT2D eigenvalue weighted by Gasteiger charge is 2.08. The molecule has 0 saturated carbocycles. The smallest absolute Gasteiger partial charge is 0.225 e. The van der Waals surface area contributed by atoms with Crippen molar-refractivity contribution in [3.05, 3.63) is 46.8 Å². The lowest BCUT2D eigenvalue weighted by Crippen LogP contribution is -2.08. The highest BCUT2D eigenvalue weighted by atomic mass is 35.5. The van der Waals surface area contributed by atoms with Gasteiger partial charge in [0.25, 0.3) is 0 Å². The molecule has 0 radical (unpaired) electrons. The van der Waals surface area contributed by atoms with E-state index in [2.05, 4.69) is 25.3 Å². The van der Waals surface area contributed by atoms with E-state index in [1.807, 2.05) is 35.7 Å². The van der Waals surface area contributed by atoms with Crippen LogP contribution in [0, 0.1) is 0 Å². The quantitative estimate of drug-likeness (QED) is 0.558. The van der Waals surface area contributed by atoms with E-state index in [1.165, 1.54) is 0 Å². The third-order valence-corrected chi connectivity index (χ3v) is 4.37. The van der Waals surface area contributed by atoms with Crippen LogP contribution < -0.4 is 5.32 Å². The molecule has 0 amide bonds. The van der Waals surface area contributed by atoms with Crippen molar-refractivity contribution in [3.8, 4) is 0 Å². The van der Waals surface area contributed by atoms with Gasteiger partial charge in [-0.3, -0.25) is 0 Å². The van der Waals surface area contributed by atoms with E-state index in [4.69, 9.17) is 11.6 Å². The first kappa shape index (κ1) is 13.5. The molecule has 3 aromatic heterocycles. The fraction of sp³-hybridized carbons (Fsp3) is 0.133. The number of nitrogens with zero attached hydrogens (tertiary/aromatic N) is 3. The highest BCUT2D eigenvalue weighted by Crippen LogP contribution is 2.26. The summed E-state index contributed by atoms with van der Waals surface area (Å²) < 4.78 is 0. The predicted octanol–water partition coefficient (Wildman–Crippen LogP) is 3.88. The number of benzene rings is 1. The summed E-state index contributed by atoms with van der Waals surface area (Å²) in [6.07, 6.45) is 0.780. The van der Waals surface area contributed by atoms with Gasteiger partial charge >= 0.3 is 0 Å². The molecule has 0 aliphatic rings. The Kier molecular flexibility index (Phi) is 3.40. The van der Waals surface area contributed by atoms with E-state index >= 15 is 0 Å². The van der Waals surface area contributed by atoms with Crippen LogP contribution in [0.2, 0.25) is 5.28 Å². The largest absolute Gasteiger partial charge is 0.369 e. The Hall–Kier alpha value is -2.18. The summed E-state index contributed by atoms with van der Waals surface area (Å²) in [5, 5.41) is 6.57. The summed E-state index contributed by atoms with van der Waals surface area (Å²) in [4.78, 5) is 17.2. The molecule has 1 aromatic carbocycles. The Morgan fingerprint density at radius 1 is 1.14 bits per heavy atom. The first-order chi connectivity index (χ1) is 10.8. The van der Waals surface area contributed by atoms with Crippen LogP contribution in [0.4, 0.5) is 5.82 Å². The van der Waals surface area contributed by atoms with Gasteiger partial charge < -0.3 is 10.3 Å². The molecule has 0 aliphatic heterocycles. The summed E-state index contributed by atoms with van der Waals surface area (Å²) in [5.41, 5.74) is 2.05.